The quantitative estimate of drug-likeness (QED) is 0.836. The highest BCUT2D eigenvalue weighted by Crippen LogP contribution is 2.27. The molecule has 0 spiro atoms. The maximum absolute atomic E-state index is 8.88. The first-order chi connectivity index (χ1) is 6.83. The Labute approximate surface area is 86.7 Å². The molecule has 0 unspecified atom stereocenters. The monoisotopic (exact) mass is 208 g/mol. The molecule has 0 radical (unpaired) electrons. The molecular weight excluding hydrogens is 196 g/mol. The van der Waals surface area contributed by atoms with Crippen molar-refractivity contribution >= 4 is 11.3 Å². The molecule has 0 fully saturated rings. The first kappa shape index (κ1) is 9.43. The molecule has 2 aromatic heterocycles. The Morgan fingerprint density at radius 2 is 2.43 bits per heavy atom. The third-order valence-corrected chi connectivity index (χ3v) is 3.13. The Balaban J connectivity index is 2.41. The minimum absolute atomic E-state index is 0.147. The van der Waals surface area contributed by atoms with Crippen LogP contribution in [-0.4, -0.2) is 21.3 Å². The zero-order valence-electron chi connectivity index (χ0n) is 7.97. The highest BCUT2D eigenvalue weighted by molar-refractivity contribution is 7.13. The van der Waals surface area contributed by atoms with Crippen molar-refractivity contribution < 1.29 is 5.11 Å². The van der Waals surface area contributed by atoms with Crippen molar-refractivity contribution in [3.8, 4) is 10.7 Å². The summed E-state index contributed by atoms with van der Waals surface area (Å²) in [5, 5.41) is 10.9. The SMILES string of the molecule is Cc1ccsc1-c1nccn1CCO. The predicted molar refractivity (Wildman–Crippen MR) is 57.4 cm³/mol. The van der Waals surface area contributed by atoms with E-state index in [4.69, 9.17) is 5.11 Å². The second-order valence-electron chi connectivity index (χ2n) is 3.10. The highest BCUT2D eigenvalue weighted by Gasteiger charge is 2.08. The lowest BCUT2D eigenvalue weighted by Gasteiger charge is -2.04. The van der Waals surface area contributed by atoms with E-state index in [0.717, 1.165) is 5.82 Å². The van der Waals surface area contributed by atoms with Crippen molar-refractivity contribution in [2.45, 2.75) is 13.5 Å². The lowest BCUT2D eigenvalue weighted by Crippen LogP contribution is -2.02. The van der Waals surface area contributed by atoms with E-state index in [1.807, 2.05) is 10.8 Å². The third-order valence-electron chi connectivity index (χ3n) is 2.12. The predicted octanol–water partition coefficient (Wildman–Crippen LogP) is 1.91. The fourth-order valence-electron chi connectivity index (χ4n) is 1.41. The largest absolute Gasteiger partial charge is 0.395 e. The molecule has 2 heterocycles. The molecule has 0 saturated carbocycles. The van der Waals surface area contributed by atoms with E-state index < -0.39 is 0 Å². The van der Waals surface area contributed by atoms with E-state index in [0.29, 0.717) is 6.54 Å². The van der Waals surface area contributed by atoms with Gasteiger partial charge in [0, 0.05) is 18.9 Å². The van der Waals surface area contributed by atoms with Crippen LogP contribution < -0.4 is 0 Å². The molecule has 4 heteroatoms. The Hall–Kier alpha value is -1.13. The van der Waals surface area contributed by atoms with Crippen molar-refractivity contribution in [2.24, 2.45) is 0 Å². The van der Waals surface area contributed by atoms with Crippen LogP contribution in [0.4, 0.5) is 0 Å². The van der Waals surface area contributed by atoms with Crippen LogP contribution in [0.25, 0.3) is 10.7 Å². The van der Waals surface area contributed by atoms with Gasteiger partial charge < -0.3 is 9.67 Å². The zero-order chi connectivity index (χ0) is 9.97. The summed E-state index contributed by atoms with van der Waals surface area (Å²) >= 11 is 1.68. The number of aromatic nitrogens is 2. The number of aryl methyl sites for hydroxylation is 1. The van der Waals surface area contributed by atoms with Crippen LogP contribution in [0.15, 0.2) is 23.8 Å². The Bertz CT molecular complexity index is 419. The molecule has 0 aliphatic rings. The number of imidazole rings is 1. The van der Waals surface area contributed by atoms with Gasteiger partial charge in [-0.3, -0.25) is 0 Å². The first-order valence-corrected chi connectivity index (χ1v) is 5.37. The van der Waals surface area contributed by atoms with Gasteiger partial charge in [-0.2, -0.15) is 0 Å². The standard InChI is InChI=1S/C10H12N2OS/c1-8-2-7-14-9(8)10-11-3-4-12(10)5-6-13/h2-4,7,13H,5-6H2,1H3. The van der Waals surface area contributed by atoms with Gasteiger partial charge in [-0.25, -0.2) is 4.98 Å². The van der Waals surface area contributed by atoms with Gasteiger partial charge in [0.05, 0.1) is 11.5 Å². The topological polar surface area (TPSA) is 38.0 Å². The number of hydrogen-bond donors (Lipinski definition) is 1. The highest BCUT2D eigenvalue weighted by atomic mass is 32.1. The van der Waals surface area contributed by atoms with Crippen molar-refractivity contribution in [1.29, 1.82) is 0 Å². The third kappa shape index (κ3) is 1.58. The van der Waals surface area contributed by atoms with Crippen LogP contribution >= 0.6 is 11.3 Å². The lowest BCUT2D eigenvalue weighted by atomic mass is 10.3. The number of hydrogen-bond acceptors (Lipinski definition) is 3. The molecule has 0 aliphatic heterocycles. The summed E-state index contributed by atoms with van der Waals surface area (Å²) in [4.78, 5) is 5.48. The van der Waals surface area contributed by atoms with Crippen LogP contribution in [0, 0.1) is 6.92 Å². The normalized spacial score (nSPS) is 10.7. The molecule has 0 bridgehead atoms. The minimum atomic E-state index is 0.147. The smallest absolute Gasteiger partial charge is 0.150 e. The van der Waals surface area contributed by atoms with Crippen LogP contribution in [0.3, 0.4) is 0 Å². The van der Waals surface area contributed by atoms with Crippen LogP contribution in [0.1, 0.15) is 5.56 Å². The number of thiophene rings is 1. The van der Waals surface area contributed by atoms with Crippen LogP contribution in [0.2, 0.25) is 0 Å². The summed E-state index contributed by atoms with van der Waals surface area (Å²) in [6, 6.07) is 2.08. The average molecular weight is 208 g/mol. The number of nitrogens with zero attached hydrogens (tertiary/aromatic N) is 2. The molecule has 74 valence electrons. The number of rotatable bonds is 3. The van der Waals surface area contributed by atoms with Gasteiger partial charge >= 0.3 is 0 Å². The molecular formula is C10H12N2OS. The van der Waals surface area contributed by atoms with E-state index in [1.54, 1.807) is 17.5 Å². The van der Waals surface area contributed by atoms with E-state index >= 15 is 0 Å². The molecule has 0 atom stereocenters. The van der Waals surface area contributed by atoms with Gasteiger partial charge in [-0.1, -0.05) is 0 Å². The molecule has 2 aromatic rings. The molecule has 3 nitrogen and oxygen atoms in total. The number of aliphatic hydroxyl groups excluding tert-OH is 1. The van der Waals surface area contributed by atoms with Crippen molar-refractivity contribution in [3.63, 3.8) is 0 Å². The second kappa shape index (κ2) is 3.94. The molecule has 0 amide bonds. The van der Waals surface area contributed by atoms with Crippen LogP contribution in [0.5, 0.6) is 0 Å². The van der Waals surface area contributed by atoms with Crippen molar-refractivity contribution in [1.82, 2.24) is 9.55 Å². The van der Waals surface area contributed by atoms with E-state index in [9.17, 15) is 0 Å². The summed E-state index contributed by atoms with van der Waals surface area (Å²) in [5.74, 6) is 0.951. The summed E-state index contributed by atoms with van der Waals surface area (Å²) in [7, 11) is 0. The van der Waals surface area contributed by atoms with Gasteiger partial charge in [-0.15, -0.1) is 11.3 Å². The summed E-state index contributed by atoms with van der Waals surface area (Å²) in [6.45, 7) is 2.82. The Morgan fingerprint density at radius 3 is 3.07 bits per heavy atom. The average Bonchev–Trinajstić information content (AvgIpc) is 2.74. The molecule has 0 saturated heterocycles. The van der Waals surface area contributed by atoms with Gasteiger partial charge in [0.15, 0.2) is 0 Å². The second-order valence-corrected chi connectivity index (χ2v) is 4.02. The summed E-state index contributed by atoms with van der Waals surface area (Å²) in [6.07, 6.45) is 3.66. The van der Waals surface area contributed by atoms with E-state index in [1.165, 1.54) is 10.4 Å². The number of aliphatic hydroxyl groups is 1. The molecule has 0 aromatic carbocycles. The van der Waals surface area contributed by atoms with Gasteiger partial charge in [0.1, 0.15) is 5.82 Å². The minimum Gasteiger partial charge on any atom is -0.395 e. The molecule has 14 heavy (non-hydrogen) atoms. The molecule has 1 N–H and O–H groups in total. The van der Waals surface area contributed by atoms with E-state index in [-0.39, 0.29) is 6.61 Å². The molecule has 2 rings (SSSR count). The molecule has 0 aliphatic carbocycles. The lowest BCUT2D eigenvalue weighted by molar-refractivity contribution is 0.277. The van der Waals surface area contributed by atoms with Gasteiger partial charge in [0.25, 0.3) is 0 Å². The van der Waals surface area contributed by atoms with Gasteiger partial charge in [-0.05, 0) is 23.9 Å². The summed E-state index contributed by atoms with van der Waals surface area (Å²) < 4.78 is 1.97. The maximum atomic E-state index is 8.88. The fourth-order valence-corrected chi connectivity index (χ4v) is 2.35. The summed E-state index contributed by atoms with van der Waals surface area (Å²) in [5.41, 5.74) is 1.24. The van der Waals surface area contributed by atoms with Crippen molar-refractivity contribution in [3.05, 3.63) is 29.4 Å². The maximum Gasteiger partial charge on any atom is 0.150 e. The zero-order valence-corrected chi connectivity index (χ0v) is 8.79. The Kier molecular flexibility index (Phi) is 2.65. The fraction of sp³-hybridized carbons (Fsp3) is 0.300. The Morgan fingerprint density at radius 1 is 1.57 bits per heavy atom. The van der Waals surface area contributed by atoms with Crippen molar-refractivity contribution in [2.75, 3.05) is 6.61 Å². The van der Waals surface area contributed by atoms with Crippen LogP contribution in [-0.2, 0) is 6.54 Å². The van der Waals surface area contributed by atoms with Gasteiger partial charge in [0.2, 0.25) is 0 Å². The first-order valence-electron chi connectivity index (χ1n) is 4.49. The van der Waals surface area contributed by atoms with E-state index in [2.05, 4.69) is 23.4 Å².